The Bertz CT molecular complexity index is 10700. The van der Waals surface area contributed by atoms with Gasteiger partial charge in [-0.05, 0) is 280 Å². The second-order valence-electron chi connectivity index (χ2n) is 38.3. The molecule has 0 fully saturated rings. The number of imidazole rings is 1. The summed E-state index contributed by atoms with van der Waals surface area (Å²) in [4.78, 5) is 21.6. The summed E-state index contributed by atoms with van der Waals surface area (Å²) in [6, 6.07) is 179. The van der Waals surface area contributed by atoms with Crippen LogP contribution < -0.4 is 0 Å². The van der Waals surface area contributed by atoms with E-state index in [0.717, 1.165) is 144 Å². The number of aromatic nitrogens is 5. The molecule has 6 heteroatoms. The smallest absolute Gasteiger partial charge is 0.227 e. The van der Waals surface area contributed by atoms with E-state index in [1.165, 1.54) is 162 Å². The van der Waals surface area contributed by atoms with Crippen LogP contribution in [-0.4, -0.2) is 24.5 Å². The van der Waals surface area contributed by atoms with E-state index < -0.39 is 0 Å². The largest absolute Gasteiger partial charge is 0.435 e. The van der Waals surface area contributed by atoms with Crippen molar-refractivity contribution < 1.29 is 4.42 Å². The molecule has 31 rings (SSSR count). The predicted octanol–water partition coefficient (Wildman–Crippen LogP) is 37.7. The van der Waals surface area contributed by atoms with Crippen molar-refractivity contribution in [3.05, 3.63) is 491 Å². The van der Waals surface area contributed by atoms with Crippen LogP contribution in [0.4, 0.5) is 0 Å². The Hall–Kier alpha value is -19.1. The lowest BCUT2D eigenvalue weighted by Crippen LogP contribution is -1.97. The first-order chi connectivity index (χ1) is 71.4. The zero-order chi connectivity index (χ0) is 94.3. The van der Waals surface area contributed by atoms with Crippen LogP contribution >= 0.6 is 0 Å². The first kappa shape index (κ1) is 80.9. The number of oxazole rings is 1. The standard InChI is InChI=1S/C70H40N2O.C68H41N3/c1-3-19-49-45(15-1)47-17-5-7-23-53(47)63-37-43(33-35-56(49)63)61-39-65-62(44-34-36-57-50-20-4-2-16-46(50)48-18-6-8-24-54(48)64(57)38-44)40-66(71-67(65)58-26-12-10-25-55(58)61)41-29-31-42(32-30-41)70-72-68-59-27-13-9-21-51(59)52-22-11-14-28-60(52)69(68)73-70;1-2-16-46(17-3-1)71-66-29-15-14-28-64(66)70-68(71)43-32-30-42(31-33-43)65-41-60(45-35-37-57-52-23-7-5-19-48(52)50-21-9-11-25-54(50)62(57)39-45)63-40-59(55-26-12-13-27-58(55)67(63)69-65)44-34-36-56-51-22-6-4-18-47(51)49-20-8-10-24-53(49)61(56)38-44/h1-40H;1-41H. The van der Waals surface area contributed by atoms with Gasteiger partial charge in [0, 0.05) is 60.3 Å². The van der Waals surface area contributed by atoms with E-state index in [4.69, 9.17) is 24.4 Å². The number of benzene rings is 27. The summed E-state index contributed by atoms with van der Waals surface area (Å²) < 4.78 is 8.94. The fraction of sp³-hybridized carbons (Fsp3) is 0. The minimum atomic E-state index is 0.597. The Morgan fingerprint density at radius 3 is 0.757 bits per heavy atom. The van der Waals surface area contributed by atoms with Crippen LogP contribution in [0.5, 0.6) is 0 Å². The van der Waals surface area contributed by atoms with Gasteiger partial charge in [-0.1, -0.05) is 406 Å². The van der Waals surface area contributed by atoms with Crippen molar-refractivity contribution in [1.29, 1.82) is 0 Å². The normalized spacial score (nSPS) is 12.0. The van der Waals surface area contributed by atoms with E-state index in [9.17, 15) is 0 Å². The first-order valence-corrected chi connectivity index (χ1v) is 49.4. The van der Waals surface area contributed by atoms with Crippen LogP contribution in [-0.2, 0) is 0 Å². The fourth-order valence-electron chi connectivity index (χ4n) is 23.9. The molecule has 0 spiro atoms. The second kappa shape index (κ2) is 32.2. The van der Waals surface area contributed by atoms with E-state index in [1.54, 1.807) is 0 Å². The van der Waals surface area contributed by atoms with Gasteiger partial charge in [0.05, 0.1) is 33.5 Å². The molecule has 27 aromatic carbocycles. The topological polar surface area (TPSA) is 69.6 Å². The average Bonchev–Trinajstić information content (AvgIpc) is 1.08. The molecule has 0 radical (unpaired) electrons. The molecule has 0 aliphatic rings. The quantitative estimate of drug-likeness (QED) is 0.135. The molecule has 31 aromatic rings. The zero-order valence-electron chi connectivity index (χ0n) is 77.9. The summed E-state index contributed by atoms with van der Waals surface area (Å²) in [6.45, 7) is 0. The van der Waals surface area contributed by atoms with Gasteiger partial charge in [0.2, 0.25) is 5.89 Å². The minimum absolute atomic E-state index is 0.597. The molecule has 0 N–H and O–H groups in total. The molecule has 0 atom stereocenters. The van der Waals surface area contributed by atoms with Crippen LogP contribution in [0.15, 0.2) is 496 Å². The highest BCUT2D eigenvalue weighted by molar-refractivity contribution is 6.32. The first-order valence-electron chi connectivity index (χ1n) is 49.4. The van der Waals surface area contributed by atoms with E-state index in [-0.39, 0.29) is 0 Å². The van der Waals surface area contributed by atoms with Gasteiger partial charge >= 0.3 is 0 Å². The van der Waals surface area contributed by atoms with Crippen LogP contribution in [0.25, 0.3) is 312 Å². The molecule has 0 saturated carbocycles. The molecule has 144 heavy (non-hydrogen) atoms. The van der Waals surface area contributed by atoms with E-state index in [2.05, 4.69) is 496 Å². The van der Waals surface area contributed by atoms with Gasteiger partial charge in [0.15, 0.2) is 5.58 Å². The van der Waals surface area contributed by atoms with Crippen molar-refractivity contribution in [3.63, 3.8) is 0 Å². The highest BCUT2D eigenvalue weighted by Crippen LogP contribution is 2.51. The maximum atomic E-state index is 6.68. The molecule has 0 unspecified atom stereocenters. The Kier molecular flexibility index (Phi) is 18.1. The second-order valence-corrected chi connectivity index (χ2v) is 38.3. The predicted molar refractivity (Wildman–Crippen MR) is 609 cm³/mol. The van der Waals surface area contributed by atoms with Gasteiger partial charge in [-0.2, -0.15) is 0 Å². The van der Waals surface area contributed by atoms with Crippen LogP contribution in [0, 0.1) is 0 Å². The van der Waals surface area contributed by atoms with E-state index in [1.807, 2.05) is 0 Å². The lowest BCUT2D eigenvalue weighted by Gasteiger charge is -2.18. The van der Waals surface area contributed by atoms with Crippen molar-refractivity contribution >= 4 is 216 Å². The molecule has 6 nitrogen and oxygen atoms in total. The molecule has 0 aliphatic carbocycles. The third kappa shape index (κ3) is 12.6. The maximum absolute atomic E-state index is 6.68. The van der Waals surface area contributed by atoms with Gasteiger partial charge in [0.1, 0.15) is 11.3 Å². The van der Waals surface area contributed by atoms with Crippen molar-refractivity contribution in [3.8, 4) is 95.6 Å². The number of para-hydroxylation sites is 3. The van der Waals surface area contributed by atoms with Crippen LogP contribution in [0.1, 0.15) is 0 Å². The van der Waals surface area contributed by atoms with Gasteiger partial charge in [-0.3, -0.25) is 4.57 Å². The van der Waals surface area contributed by atoms with Crippen molar-refractivity contribution in [2.75, 3.05) is 0 Å². The number of pyridine rings is 2. The molecule has 0 aliphatic heterocycles. The van der Waals surface area contributed by atoms with Gasteiger partial charge in [-0.25, -0.2) is 19.9 Å². The summed E-state index contributed by atoms with van der Waals surface area (Å²) in [5.74, 6) is 1.50. The summed E-state index contributed by atoms with van der Waals surface area (Å²) in [7, 11) is 0. The molecule has 4 aromatic heterocycles. The maximum Gasteiger partial charge on any atom is 0.227 e. The monoisotopic (exact) mass is 1820 g/mol. The molecular formula is C138H81N5O. The molecular weight excluding hydrogens is 1740 g/mol. The number of rotatable bonds is 9. The summed E-state index contributed by atoms with van der Waals surface area (Å²) >= 11 is 0. The van der Waals surface area contributed by atoms with Crippen LogP contribution in [0.3, 0.4) is 0 Å². The molecule has 0 saturated heterocycles. The third-order valence-corrected chi connectivity index (χ3v) is 30.6. The van der Waals surface area contributed by atoms with Crippen molar-refractivity contribution in [2.45, 2.75) is 0 Å². The lowest BCUT2D eigenvalue weighted by atomic mass is 9.88. The number of hydrogen-bond acceptors (Lipinski definition) is 5. The number of fused-ring (bicyclic) bond motifs is 37. The minimum Gasteiger partial charge on any atom is -0.435 e. The highest BCUT2D eigenvalue weighted by Gasteiger charge is 2.26. The fourth-order valence-corrected chi connectivity index (χ4v) is 23.9. The zero-order valence-corrected chi connectivity index (χ0v) is 77.9. The van der Waals surface area contributed by atoms with Crippen molar-refractivity contribution in [2.24, 2.45) is 0 Å². The Morgan fingerprint density at radius 1 is 0.153 bits per heavy atom. The SMILES string of the molecule is c1ccc(-n2c(-c3ccc(-c4cc(-c5ccc6c7ccccc7c7ccccc7c6c5)c5cc(-c6ccc7c8ccccc8c8ccccc8c7c6)c6ccccc6c5n4)cc3)nc3ccccc32)cc1.c1ccc2c(c1)c(-c1ccc3c4ccccc4c4ccccc4c3c1)cc1c(-c3ccc4c5ccccc5c5ccccc5c4c3)cc(-c3ccc(-c4nc5c6ccccc6c6ccccc6c5o4)cc3)nc12. The van der Waals surface area contributed by atoms with E-state index >= 15 is 0 Å². The van der Waals surface area contributed by atoms with Crippen LogP contribution in [0.2, 0.25) is 0 Å². The Balaban J connectivity index is 0.000000134. The molecule has 0 bridgehead atoms. The number of nitrogens with zero attached hydrogens (tertiary/aromatic N) is 5. The highest BCUT2D eigenvalue weighted by atomic mass is 16.3. The molecule has 664 valence electrons. The third-order valence-electron chi connectivity index (χ3n) is 30.6. The number of hydrogen-bond donors (Lipinski definition) is 0. The van der Waals surface area contributed by atoms with Gasteiger partial charge < -0.3 is 4.42 Å². The van der Waals surface area contributed by atoms with Crippen molar-refractivity contribution in [1.82, 2.24) is 24.5 Å². The molecule has 4 heterocycles. The summed E-state index contributed by atoms with van der Waals surface area (Å²) in [6.07, 6.45) is 0. The average molecular weight is 1830 g/mol. The Labute approximate surface area is 826 Å². The van der Waals surface area contributed by atoms with Gasteiger partial charge in [0.25, 0.3) is 0 Å². The summed E-state index contributed by atoms with van der Waals surface area (Å²) in [5.41, 5.74) is 21.8. The Morgan fingerprint density at radius 2 is 0.403 bits per heavy atom. The lowest BCUT2D eigenvalue weighted by molar-refractivity contribution is 0.623. The van der Waals surface area contributed by atoms with Gasteiger partial charge in [-0.15, -0.1) is 0 Å². The molecule has 0 amide bonds. The van der Waals surface area contributed by atoms with E-state index in [0.29, 0.717) is 5.89 Å². The summed E-state index contributed by atoms with van der Waals surface area (Å²) in [5, 5.41) is 41.5.